The van der Waals surface area contributed by atoms with Gasteiger partial charge in [0.15, 0.2) is 5.11 Å². The minimum Gasteiger partial charge on any atom is -0.363 e. The zero-order valence-corrected chi connectivity index (χ0v) is 16.8. The van der Waals surface area contributed by atoms with Gasteiger partial charge in [-0.15, -0.1) is 11.3 Å². The second-order valence-corrected chi connectivity index (χ2v) is 10.3. The number of nitrogens with one attached hydrogen (secondary N) is 1. The molecule has 2 rings (SSSR count). The molecule has 10 heteroatoms. The lowest BCUT2D eigenvalue weighted by Crippen LogP contribution is -2.53. The van der Waals surface area contributed by atoms with Crippen LogP contribution in [-0.4, -0.2) is 67.5 Å². The summed E-state index contributed by atoms with van der Waals surface area (Å²) in [6, 6.07) is 3.18. The number of piperazine rings is 1. The Morgan fingerprint density at radius 3 is 2.65 bits per heavy atom. The highest BCUT2D eigenvalue weighted by atomic mass is 35.5. The number of hydrogen-bond acceptors (Lipinski definition) is 5. The molecule has 0 amide bonds. The predicted molar refractivity (Wildman–Crippen MR) is 103 cm³/mol. The average molecular weight is 414 g/mol. The van der Waals surface area contributed by atoms with Crippen LogP contribution in [-0.2, 0) is 10.0 Å². The molecule has 130 valence electrons. The van der Waals surface area contributed by atoms with Gasteiger partial charge in [0.05, 0.1) is 4.34 Å². The molecule has 1 aromatic heterocycles. The molecule has 2 heterocycles. The van der Waals surface area contributed by atoms with Crippen molar-refractivity contribution < 1.29 is 8.42 Å². The van der Waals surface area contributed by atoms with Gasteiger partial charge in [0.2, 0.25) is 0 Å². The number of sulfonamides is 1. The molecule has 0 aliphatic carbocycles. The van der Waals surface area contributed by atoms with Crippen molar-refractivity contribution in [3.8, 4) is 0 Å². The van der Waals surface area contributed by atoms with Gasteiger partial charge < -0.3 is 10.2 Å². The van der Waals surface area contributed by atoms with Crippen molar-refractivity contribution in [3.05, 3.63) is 16.5 Å². The van der Waals surface area contributed by atoms with Crippen LogP contribution in [0.1, 0.15) is 6.42 Å². The molecule has 0 bridgehead atoms. The summed E-state index contributed by atoms with van der Waals surface area (Å²) in [4.78, 5) is 2.03. The molecule has 1 aliphatic rings. The minimum atomic E-state index is -3.44. The molecule has 1 fully saturated rings. The van der Waals surface area contributed by atoms with Crippen LogP contribution in [0.3, 0.4) is 0 Å². The fourth-order valence-corrected chi connectivity index (χ4v) is 6.00. The molecule has 23 heavy (non-hydrogen) atoms. The third kappa shape index (κ3) is 5.20. The quantitative estimate of drug-likeness (QED) is 0.570. The number of nitrogens with zero attached hydrogens (tertiary/aromatic N) is 2. The fraction of sp³-hybridized carbons (Fsp3) is 0.615. The smallest absolute Gasteiger partial charge is 0.252 e. The Morgan fingerprint density at radius 1 is 1.39 bits per heavy atom. The Kier molecular flexibility index (Phi) is 7.43. The van der Waals surface area contributed by atoms with Crippen LogP contribution in [0, 0.1) is 0 Å². The standard InChI is InChI=1S/C13H20ClN3O2S4/c1-21-10-2-5-15-13(20)16-6-8-17(9-7-16)23(18,19)12-4-3-11(14)22-12/h3-4H,2,5-10H2,1H3,(H,15,20). The summed E-state index contributed by atoms with van der Waals surface area (Å²) in [5.74, 6) is 1.10. The number of hydrogen-bond donors (Lipinski definition) is 1. The van der Waals surface area contributed by atoms with Crippen LogP contribution < -0.4 is 5.32 Å². The highest BCUT2D eigenvalue weighted by molar-refractivity contribution is 7.98. The highest BCUT2D eigenvalue weighted by Crippen LogP contribution is 2.28. The van der Waals surface area contributed by atoms with E-state index < -0.39 is 10.0 Å². The monoisotopic (exact) mass is 413 g/mol. The molecule has 1 aromatic rings. The zero-order valence-electron chi connectivity index (χ0n) is 12.8. The molecular formula is C13H20ClN3O2S4. The van der Waals surface area contributed by atoms with Crippen LogP contribution in [0.15, 0.2) is 16.3 Å². The van der Waals surface area contributed by atoms with Crippen molar-refractivity contribution in [1.82, 2.24) is 14.5 Å². The molecule has 5 nitrogen and oxygen atoms in total. The van der Waals surface area contributed by atoms with Gasteiger partial charge >= 0.3 is 0 Å². The topological polar surface area (TPSA) is 52.6 Å². The third-order valence-electron chi connectivity index (χ3n) is 3.47. The summed E-state index contributed by atoms with van der Waals surface area (Å²) in [6.45, 7) is 2.93. The first-order chi connectivity index (χ1) is 10.9. The lowest BCUT2D eigenvalue weighted by atomic mass is 10.4. The van der Waals surface area contributed by atoms with Crippen LogP contribution in [0.25, 0.3) is 0 Å². The summed E-state index contributed by atoms with van der Waals surface area (Å²) in [6.07, 6.45) is 3.15. The second-order valence-electron chi connectivity index (χ2n) is 5.03. The first kappa shape index (κ1) is 19.3. The van der Waals surface area contributed by atoms with Crippen LogP contribution >= 0.6 is 46.9 Å². The van der Waals surface area contributed by atoms with Gasteiger partial charge in [-0.25, -0.2) is 8.42 Å². The van der Waals surface area contributed by atoms with Gasteiger partial charge in [0, 0.05) is 32.7 Å². The second kappa shape index (κ2) is 8.87. The summed E-state index contributed by atoms with van der Waals surface area (Å²) in [5, 5.41) is 3.95. The van der Waals surface area contributed by atoms with E-state index in [0.29, 0.717) is 39.8 Å². The molecule has 1 N–H and O–H groups in total. The Balaban J connectivity index is 1.85. The molecule has 1 aliphatic heterocycles. The Morgan fingerprint density at radius 2 is 2.09 bits per heavy atom. The average Bonchev–Trinajstić information content (AvgIpc) is 2.99. The van der Waals surface area contributed by atoms with E-state index >= 15 is 0 Å². The van der Waals surface area contributed by atoms with Gasteiger partial charge in [0.1, 0.15) is 4.21 Å². The van der Waals surface area contributed by atoms with E-state index in [1.807, 2.05) is 16.7 Å². The van der Waals surface area contributed by atoms with E-state index in [-0.39, 0.29) is 0 Å². The molecule has 0 radical (unpaired) electrons. The number of thioether (sulfide) groups is 1. The van der Waals surface area contributed by atoms with Gasteiger partial charge in [-0.1, -0.05) is 11.6 Å². The van der Waals surface area contributed by atoms with Gasteiger partial charge in [0.25, 0.3) is 10.0 Å². The van der Waals surface area contributed by atoms with Crippen molar-refractivity contribution >= 4 is 62.1 Å². The summed E-state index contributed by atoms with van der Waals surface area (Å²) in [5.41, 5.74) is 0. The summed E-state index contributed by atoms with van der Waals surface area (Å²) < 4.78 is 27.3. The molecule has 0 aromatic carbocycles. The zero-order chi connectivity index (χ0) is 16.9. The van der Waals surface area contributed by atoms with E-state index in [1.54, 1.807) is 12.1 Å². The minimum absolute atomic E-state index is 0.300. The summed E-state index contributed by atoms with van der Waals surface area (Å²) in [7, 11) is -3.44. The third-order valence-corrected chi connectivity index (χ3v) is 8.17. The van der Waals surface area contributed by atoms with Gasteiger partial charge in [-0.2, -0.15) is 16.1 Å². The number of thiocarbonyl (C=S) groups is 1. The van der Waals surface area contributed by atoms with Crippen molar-refractivity contribution in [3.63, 3.8) is 0 Å². The van der Waals surface area contributed by atoms with E-state index in [4.69, 9.17) is 23.8 Å². The molecule has 1 saturated heterocycles. The van der Waals surface area contributed by atoms with Crippen molar-refractivity contribution in [1.29, 1.82) is 0 Å². The maximum absolute atomic E-state index is 12.5. The Bertz CT molecular complexity index is 627. The van der Waals surface area contributed by atoms with E-state index in [0.717, 1.165) is 30.1 Å². The first-order valence-electron chi connectivity index (χ1n) is 7.22. The Hall–Kier alpha value is -0.0600. The van der Waals surface area contributed by atoms with E-state index in [2.05, 4.69) is 11.6 Å². The predicted octanol–water partition coefficient (Wildman–Crippen LogP) is 2.34. The maximum Gasteiger partial charge on any atom is 0.252 e. The van der Waals surface area contributed by atoms with Crippen LogP contribution in [0.2, 0.25) is 4.34 Å². The molecular weight excluding hydrogens is 394 g/mol. The lowest BCUT2D eigenvalue weighted by molar-refractivity contribution is 0.264. The van der Waals surface area contributed by atoms with Gasteiger partial charge in [-0.05, 0) is 42.8 Å². The number of thiophene rings is 1. The molecule has 0 atom stereocenters. The largest absolute Gasteiger partial charge is 0.363 e. The maximum atomic E-state index is 12.5. The van der Waals surface area contributed by atoms with Crippen LogP contribution in [0.4, 0.5) is 0 Å². The SMILES string of the molecule is CSCCCNC(=S)N1CCN(S(=O)(=O)c2ccc(Cl)s2)CC1. The van der Waals surface area contributed by atoms with Crippen molar-refractivity contribution in [2.24, 2.45) is 0 Å². The Labute approximate surface area is 156 Å². The number of halogens is 1. The van der Waals surface area contributed by atoms with Crippen LogP contribution in [0.5, 0.6) is 0 Å². The van der Waals surface area contributed by atoms with Gasteiger partial charge in [-0.3, -0.25) is 0 Å². The highest BCUT2D eigenvalue weighted by Gasteiger charge is 2.30. The van der Waals surface area contributed by atoms with Crippen molar-refractivity contribution in [2.75, 3.05) is 44.7 Å². The van der Waals surface area contributed by atoms with E-state index in [9.17, 15) is 8.42 Å². The normalized spacial score (nSPS) is 16.5. The molecule has 0 unspecified atom stereocenters. The lowest BCUT2D eigenvalue weighted by Gasteiger charge is -2.35. The van der Waals surface area contributed by atoms with Crippen molar-refractivity contribution in [2.45, 2.75) is 10.6 Å². The molecule has 0 saturated carbocycles. The fourth-order valence-electron chi connectivity index (χ4n) is 2.22. The number of rotatable bonds is 6. The first-order valence-corrected chi connectivity index (χ1v) is 11.7. The summed E-state index contributed by atoms with van der Waals surface area (Å²) >= 11 is 14.1. The van der Waals surface area contributed by atoms with E-state index in [1.165, 1.54) is 4.31 Å². The molecule has 0 spiro atoms.